The topological polar surface area (TPSA) is 69.6 Å². The molecule has 0 aliphatic carbocycles. The summed E-state index contributed by atoms with van der Waals surface area (Å²) in [5, 5.41) is 15.2. The van der Waals surface area contributed by atoms with Crippen LogP contribution in [0, 0.1) is 5.82 Å². The Balaban J connectivity index is 2.19. The largest absolute Gasteiger partial charge is 0.398 e. The predicted molar refractivity (Wildman–Crippen MR) is 66.8 cm³/mol. The summed E-state index contributed by atoms with van der Waals surface area (Å²) >= 11 is 1.53. The molecule has 90 valence electrons. The highest BCUT2D eigenvalue weighted by Crippen LogP contribution is 2.26. The van der Waals surface area contributed by atoms with Crippen LogP contribution >= 0.6 is 11.3 Å². The van der Waals surface area contributed by atoms with E-state index in [0.29, 0.717) is 17.1 Å². The molecule has 0 aliphatic rings. The van der Waals surface area contributed by atoms with Crippen molar-refractivity contribution in [3.8, 4) is 17.1 Å². The van der Waals surface area contributed by atoms with Crippen molar-refractivity contribution in [1.29, 1.82) is 0 Å². The van der Waals surface area contributed by atoms with Crippen molar-refractivity contribution in [2.24, 2.45) is 0 Å². The molecule has 0 radical (unpaired) electrons. The summed E-state index contributed by atoms with van der Waals surface area (Å²) in [5.41, 5.74) is 7.56. The zero-order valence-corrected chi connectivity index (χ0v) is 9.93. The van der Waals surface area contributed by atoms with E-state index >= 15 is 0 Å². The number of aromatic nitrogens is 4. The molecule has 0 spiro atoms. The van der Waals surface area contributed by atoms with Gasteiger partial charge in [0.15, 0.2) is 5.82 Å². The maximum Gasteiger partial charge on any atom is 0.189 e. The lowest BCUT2D eigenvalue weighted by Gasteiger charge is -2.05. The zero-order valence-electron chi connectivity index (χ0n) is 9.12. The summed E-state index contributed by atoms with van der Waals surface area (Å²) in [6.45, 7) is 0. The van der Waals surface area contributed by atoms with Crippen molar-refractivity contribution in [3.05, 3.63) is 40.8 Å². The number of nitrogens with zero attached hydrogens (tertiary/aromatic N) is 4. The summed E-state index contributed by atoms with van der Waals surface area (Å²) in [6, 6.07) is 6.00. The van der Waals surface area contributed by atoms with Gasteiger partial charge in [0.1, 0.15) is 5.82 Å². The van der Waals surface area contributed by atoms with Crippen molar-refractivity contribution in [3.63, 3.8) is 0 Å². The number of tetrazole rings is 1. The quantitative estimate of drug-likeness (QED) is 0.717. The number of thiophene rings is 1. The molecule has 2 aromatic heterocycles. The fraction of sp³-hybridized carbons (Fsp3) is 0. The summed E-state index contributed by atoms with van der Waals surface area (Å²) < 4.78 is 14.8. The van der Waals surface area contributed by atoms with E-state index in [4.69, 9.17) is 5.73 Å². The minimum Gasteiger partial charge on any atom is -0.398 e. The monoisotopic (exact) mass is 261 g/mol. The number of nitrogens with two attached hydrogens (primary N) is 1. The minimum atomic E-state index is -0.376. The first-order valence-electron chi connectivity index (χ1n) is 5.12. The lowest BCUT2D eigenvalue weighted by atomic mass is 10.1. The van der Waals surface area contributed by atoms with E-state index < -0.39 is 0 Å². The van der Waals surface area contributed by atoms with Crippen LogP contribution in [0.2, 0.25) is 0 Å². The van der Waals surface area contributed by atoms with E-state index in [2.05, 4.69) is 15.5 Å². The van der Waals surface area contributed by atoms with Gasteiger partial charge in [-0.25, -0.2) is 4.39 Å². The number of nitrogen functional groups attached to an aromatic ring is 1. The van der Waals surface area contributed by atoms with Crippen LogP contribution in [0.15, 0.2) is 35.0 Å². The van der Waals surface area contributed by atoms with Crippen molar-refractivity contribution >= 4 is 17.0 Å². The highest BCUT2D eigenvalue weighted by atomic mass is 32.1. The smallest absolute Gasteiger partial charge is 0.189 e. The molecular weight excluding hydrogens is 253 g/mol. The molecule has 7 heteroatoms. The van der Waals surface area contributed by atoms with Gasteiger partial charge in [0.2, 0.25) is 0 Å². The van der Waals surface area contributed by atoms with Gasteiger partial charge in [0.05, 0.1) is 5.69 Å². The fourth-order valence-electron chi connectivity index (χ4n) is 1.63. The summed E-state index contributed by atoms with van der Waals surface area (Å²) in [4.78, 5) is 0. The molecule has 2 N–H and O–H groups in total. The van der Waals surface area contributed by atoms with Crippen LogP contribution in [-0.4, -0.2) is 20.2 Å². The predicted octanol–water partition coefficient (Wildman–Crippen LogP) is 2.11. The Morgan fingerprint density at radius 3 is 2.94 bits per heavy atom. The summed E-state index contributed by atoms with van der Waals surface area (Å²) in [6.07, 6.45) is 0. The third kappa shape index (κ3) is 1.74. The number of hydrogen-bond donors (Lipinski definition) is 1. The maximum atomic E-state index is 13.3. The molecule has 0 bridgehead atoms. The van der Waals surface area contributed by atoms with Crippen LogP contribution in [0.3, 0.4) is 0 Å². The zero-order chi connectivity index (χ0) is 12.5. The van der Waals surface area contributed by atoms with Crippen molar-refractivity contribution in [2.75, 3.05) is 5.73 Å². The van der Waals surface area contributed by atoms with E-state index in [1.807, 2.05) is 16.8 Å². The summed E-state index contributed by atoms with van der Waals surface area (Å²) in [7, 11) is 0. The van der Waals surface area contributed by atoms with Gasteiger partial charge in [-0.05, 0) is 40.1 Å². The van der Waals surface area contributed by atoms with Gasteiger partial charge in [0.25, 0.3) is 0 Å². The first-order valence-corrected chi connectivity index (χ1v) is 6.06. The Hall–Kier alpha value is -2.28. The molecule has 0 saturated carbocycles. The molecule has 18 heavy (non-hydrogen) atoms. The third-order valence-electron chi connectivity index (χ3n) is 2.48. The van der Waals surface area contributed by atoms with Crippen LogP contribution in [0.4, 0.5) is 10.1 Å². The number of hydrogen-bond acceptors (Lipinski definition) is 5. The standard InChI is InChI=1S/C11H8FN5S/c12-7-1-2-10(13)9(5-7)11-14-15-16-17(11)8-3-4-18-6-8/h1-6H,13H2. The molecule has 0 fully saturated rings. The van der Waals surface area contributed by atoms with E-state index in [9.17, 15) is 4.39 Å². The molecule has 0 amide bonds. The molecule has 3 rings (SSSR count). The first kappa shape index (κ1) is 10.8. The van der Waals surface area contributed by atoms with Crippen LogP contribution in [0.1, 0.15) is 0 Å². The van der Waals surface area contributed by atoms with Gasteiger partial charge in [-0.15, -0.1) is 5.10 Å². The molecule has 0 aliphatic heterocycles. The molecule has 5 nitrogen and oxygen atoms in total. The van der Waals surface area contributed by atoms with Crippen molar-refractivity contribution in [1.82, 2.24) is 20.2 Å². The Morgan fingerprint density at radius 1 is 1.28 bits per heavy atom. The van der Waals surface area contributed by atoms with Gasteiger partial charge < -0.3 is 5.73 Å². The molecule has 0 atom stereocenters. The Labute approximate surface area is 106 Å². The fourth-order valence-corrected chi connectivity index (χ4v) is 2.24. The van der Waals surface area contributed by atoms with E-state index in [1.54, 1.807) is 0 Å². The van der Waals surface area contributed by atoms with Crippen LogP contribution in [0.5, 0.6) is 0 Å². The first-order chi connectivity index (χ1) is 8.75. The third-order valence-corrected chi connectivity index (χ3v) is 3.15. The van der Waals surface area contributed by atoms with E-state index in [-0.39, 0.29) is 5.82 Å². The van der Waals surface area contributed by atoms with E-state index in [0.717, 1.165) is 5.69 Å². The second-order valence-corrected chi connectivity index (χ2v) is 4.41. The van der Waals surface area contributed by atoms with Gasteiger partial charge in [-0.1, -0.05) is 0 Å². The van der Waals surface area contributed by atoms with Gasteiger partial charge >= 0.3 is 0 Å². The Morgan fingerprint density at radius 2 is 2.17 bits per heavy atom. The summed E-state index contributed by atoms with van der Waals surface area (Å²) in [5.74, 6) is 0.0458. The van der Waals surface area contributed by atoms with Crippen molar-refractivity contribution < 1.29 is 4.39 Å². The average molecular weight is 261 g/mol. The van der Waals surface area contributed by atoms with Gasteiger partial charge in [-0.3, -0.25) is 0 Å². The van der Waals surface area contributed by atoms with Crippen LogP contribution in [0.25, 0.3) is 17.1 Å². The minimum absolute atomic E-state index is 0.376. The number of halogens is 1. The van der Waals surface area contributed by atoms with Crippen LogP contribution < -0.4 is 5.73 Å². The highest BCUT2D eigenvalue weighted by molar-refractivity contribution is 7.08. The highest BCUT2D eigenvalue weighted by Gasteiger charge is 2.14. The Kier molecular flexibility index (Phi) is 2.52. The molecule has 2 heterocycles. The maximum absolute atomic E-state index is 13.3. The SMILES string of the molecule is Nc1ccc(F)cc1-c1nnnn1-c1ccsc1. The molecule has 0 unspecified atom stereocenters. The molecule has 0 saturated heterocycles. The second kappa shape index (κ2) is 4.19. The number of anilines is 1. The van der Waals surface area contributed by atoms with E-state index in [1.165, 1.54) is 34.2 Å². The lowest BCUT2D eigenvalue weighted by molar-refractivity contribution is 0.628. The molecule has 3 aromatic rings. The Bertz CT molecular complexity index is 677. The van der Waals surface area contributed by atoms with Gasteiger partial charge in [0, 0.05) is 16.6 Å². The molecular formula is C11H8FN5S. The normalized spacial score (nSPS) is 10.7. The van der Waals surface area contributed by atoms with Gasteiger partial charge in [-0.2, -0.15) is 16.0 Å². The number of benzene rings is 1. The lowest BCUT2D eigenvalue weighted by Crippen LogP contribution is -2.00. The second-order valence-electron chi connectivity index (χ2n) is 3.63. The number of rotatable bonds is 2. The van der Waals surface area contributed by atoms with Crippen molar-refractivity contribution in [2.45, 2.75) is 0 Å². The van der Waals surface area contributed by atoms with Crippen LogP contribution in [-0.2, 0) is 0 Å². The molecule has 1 aromatic carbocycles. The average Bonchev–Trinajstić information content (AvgIpc) is 3.00.